The molecule has 0 rings (SSSR count). The quantitative estimate of drug-likeness (QED) is 0.756. The van der Waals surface area contributed by atoms with Crippen LogP contribution in [0.5, 0.6) is 0 Å². The molecule has 0 aliphatic rings. The number of hydrogen-bond donors (Lipinski definition) is 1. The van der Waals surface area contributed by atoms with Crippen LogP contribution < -0.4 is 5.73 Å². The van der Waals surface area contributed by atoms with E-state index in [2.05, 4.69) is 13.2 Å². The molecule has 0 spiro atoms. The molecule has 0 aliphatic carbocycles. The second-order valence-corrected chi connectivity index (χ2v) is 5.34. The fourth-order valence-electron chi connectivity index (χ4n) is 1.22. The lowest BCUT2D eigenvalue weighted by atomic mass is 10.0. The fraction of sp³-hybridized carbons (Fsp3) is 0.909. The smallest absolute Gasteiger partial charge is 0.239 e. The predicted octanol–water partition coefficient (Wildman–Crippen LogP) is 1.57. The number of nitrogens with two attached hydrogens (primary N) is 1. The molecule has 4 heteroatoms. The van der Waals surface area contributed by atoms with Gasteiger partial charge in [-0.3, -0.25) is 4.79 Å². The number of hydrogen-bond acceptors (Lipinski definition) is 3. The molecular formula is C11H24N2OS. The van der Waals surface area contributed by atoms with E-state index < -0.39 is 0 Å². The van der Waals surface area contributed by atoms with Crippen molar-refractivity contribution in [2.24, 2.45) is 11.7 Å². The lowest BCUT2D eigenvalue weighted by molar-refractivity contribution is -0.134. The third-order valence-electron chi connectivity index (χ3n) is 2.75. The number of rotatable bonds is 6. The molecule has 90 valence electrons. The third kappa shape index (κ3) is 4.89. The summed E-state index contributed by atoms with van der Waals surface area (Å²) in [6.45, 7) is 6.02. The maximum Gasteiger partial charge on any atom is 0.239 e. The molecule has 0 aromatic heterocycles. The number of nitrogens with zero attached hydrogens (tertiary/aromatic N) is 1. The van der Waals surface area contributed by atoms with E-state index in [1.54, 1.807) is 16.7 Å². The molecule has 0 fully saturated rings. The minimum Gasteiger partial charge on any atom is -0.342 e. The first-order chi connectivity index (χ1) is 6.91. The number of amides is 1. The van der Waals surface area contributed by atoms with Gasteiger partial charge < -0.3 is 10.6 Å². The minimum atomic E-state index is -0.369. The van der Waals surface area contributed by atoms with Gasteiger partial charge in [0.25, 0.3) is 0 Å². The van der Waals surface area contributed by atoms with Crippen LogP contribution in [-0.4, -0.2) is 41.9 Å². The minimum absolute atomic E-state index is 0.0543. The van der Waals surface area contributed by atoms with Crippen molar-refractivity contribution in [1.29, 1.82) is 0 Å². The summed E-state index contributed by atoms with van der Waals surface area (Å²) in [4.78, 5) is 13.7. The summed E-state index contributed by atoms with van der Waals surface area (Å²) in [5.41, 5.74) is 5.83. The van der Waals surface area contributed by atoms with Crippen molar-refractivity contribution in [1.82, 2.24) is 4.90 Å². The van der Waals surface area contributed by atoms with Gasteiger partial charge in [-0.15, -0.1) is 0 Å². The Morgan fingerprint density at radius 2 is 1.93 bits per heavy atom. The Balaban J connectivity index is 4.18. The summed E-state index contributed by atoms with van der Waals surface area (Å²) in [7, 11) is 1.84. The van der Waals surface area contributed by atoms with E-state index in [0.717, 1.165) is 12.2 Å². The summed E-state index contributed by atoms with van der Waals surface area (Å²) in [6, 6.07) is -0.0959. The van der Waals surface area contributed by atoms with E-state index in [1.807, 2.05) is 20.9 Å². The first-order valence-corrected chi connectivity index (χ1v) is 6.82. The monoisotopic (exact) mass is 232 g/mol. The van der Waals surface area contributed by atoms with E-state index >= 15 is 0 Å². The van der Waals surface area contributed by atoms with Gasteiger partial charge in [-0.25, -0.2) is 0 Å². The van der Waals surface area contributed by atoms with Crippen molar-refractivity contribution in [3.05, 3.63) is 0 Å². The van der Waals surface area contributed by atoms with E-state index in [1.165, 1.54) is 0 Å². The summed E-state index contributed by atoms with van der Waals surface area (Å²) in [5, 5.41) is 0. The second kappa shape index (κ2) is 7.12. The zero-order valence-electron chi connectivity index (χ0n) is 10.5. The topological polar surface area (TPSA) is 46.3 Å². The highest BCUT2D eigenvalue weighted by Gasteiger charge is 2.23. The molecule has 15 heavy (non-hydrogen) atoms. The second-order valence-electron chi connectivity index (χ2n) is 4.35. The van der Waals surface area contributed by atoms with Crippen LogP contribution in [0.15, 0.2) is 0 Å². The highest BCUT2D eigenvalue weighted by Crippen LogP contribution is 2.09. The van der Waals surface area contributed by atoms with Gasteiger partial charge in [0.15, 0.2) is 0 Å². The average Bonchev–Trinajstić information content (AvgIpc) is 2.22. The van der Waals surface area contributed by atoms with Crippen molar-refractivity contribution >= 4 is 17.7 Å². The Morgan fingerprint density at radius 1 is 1.40 bits per heavy atom. The molecule has 2 unspecified atom stereocenters. The lowest BCUT2D eigenvalue weighted by Crippen LogP contribution is -2.48. The molecule has 0 radical (unpaired) electrons. The zero-order chi connectivity index (χ0) is 12.0. The Labute approximate surface area is 97.8 Å². The lowest BCUT2D eigenvalue weighted by Gasteiger charge is -2.28. The van der Waals surface area contributed by atoms with E-state index in [-0.39, 0.29) is 23.9 Å². The molecule has 0 aromatic carbocycles. The van der Waals surface area contributed by atoms with Crippen molar-refractivity contribution < 1.29 is 4.79 Å². The Hall–Kier alpha value is -0.220. The summed E-state index contributed by atoms with van der Waals surface area (Å²) in [6.07, 6.45) is 3.10. The largest absolute Gasteiger partial charge is 0.342 e. The third-order valence-corrected chi connectivity index (χ3v) is 3.40. The van der Waals surface area contributed by atoms with Crippen LogP contribution >= 0.6 is 11.8 Å². The van der Waals surface area contributed by atoms with Gasteiger partial charge in [0.05, 0.1) is 6.04 Å². The van der Waals surface area contributed by atoms with Crippen LogP contribution in [0, 0.1) is 5.92 Å². The normalized spacial score (nSPS) is 15.1. The van der Waals surface area contributed by atoms with E-state index in [9.17, 15) is 4.79 Å². The predicted molar refractivity (Wildman–Crippen MR) is 68.0 cm³/mol. The number of carbonyl (C=O) groups excluding carboxylic acids is 1. The van der Waals surface area contributed by atoms with Crippen LogP contribution in [0.25, 0.3) is 0 Å². The van der Waals surface area contributed by atoms with Crippen molar-refractivity contribution in [2.45, 2.75) is 39.3 Å². The van der Waals surface area contributed by atoms with Gasteiger partial charge in [-0.1, -0.05) is 13.8 Å². The molecular weight excluding hydrogens is 208 g/mol. The number of thioether (sulfide) groups is 1. The molecule has 0 aromatic rings. The van der Waals surface area contributed by atoms with Crippen LogP contribution in [-0.2, 0) is 4.79 Å². The van der Waals surface area contributed by atoms with Crippen LogP contribution in [0.2, 0.25) is 0 Å². The fourth-order valence-corrected chi connectivity index (χ4v) is 1.80. The maximum atomic E-state index is 11.9. The molecule has 0 saturated heterocycles. The average molecular weight is 232 g/mol. The van der Waals surface area contributed by atoms with Gasteiger partial charge in [0.1, 0.15) is 0 Å². The molecule has 3 nitrogen and oxygen atoms in total. The van der Waals surface area contributed by atoms with Gasteiger partial charge in [0, 0.05) is 13.1 Å². The molecule has 1 amide bonds. The zero-order valence-corrected chi connectivity index (χ0v) is 11.3. The molecule has 0 bridgehead atoms. The van der Waals surface area contributed by atoms with Gasteiger partial charge in [-0.2, -0.15) is 11.8 Å². The summed E-state index contributed by atoms with van der Waals surface area (Å²) in [5.74, 6) is 1.33. The molecule has 0 aliphatic heterocycles. The van der Waals surface area contributed by atoms with E-state index in [4.69, 9.17) is 5.73 Å². The van der Waals surface area contributed by atoms with Crippen molar-refractivity contribution in [2.75, 3.05) is 19.1 Å². The van der Waals surface area contributed by atoms with Crippen LogP contribution in [0.4, 0.5) is 0 Å². The first-order valence-electron chi connectivity index (χ1n) is 5.43. The highest BCUT2D eigenvalue weighted by atomic mass is 32.2. The Morgan fingerprint density at radius 3 is 2.33 bits per heavy atom. The Kier molecular flexibility index (Phi) is 7.02. The molecule has 0 saturated carbocycles. The summed E-state index contributed by atoms with van der Waals surface area (Å²) >= 11 is 1.80. The first kappa shape index (κ1) is 14.8. The van der Waals surface area contributed by atoms with Gasteiger partial charge in [-0.05, 0) is 31.3 Å². The molecule has 2 atom stereocenters. The molecule has 0 heterocycles. The number of carbonyl (C=O) groups is 1. The van der Waals surface area contributed by atoms with E-state index in [0.29, 0.717) is 0 Å². The molecule has 2 N–H and O–H groups in total. The van der Waals surface area contributed by atoms with Crippen LogP contribution in [0.3, 0.4) is 0 Å². The maximum absolute atomic E-state index is 11.9. The van der Waals surface area contributed by atoms with Gasteiger partial charge >= 0.3 is 0 Å². The van der Waals surface area contributed by atoms with Crippen molar-refractivity contribution in [3.8, 4) is 0 Å². The highest BCUT2D eigenvalue weighted by molar-refractivity contribution is 7.98. The van der Waals surface area contributed by atoms with Gasteiger partial charge in [0.2, 0.25) is 5.91 Å². The van der Waals surface area contributed by atoms with Crippen molar-refractivity contribution in [3.63, 3.8) is 0 Å². The standard InChI is InChI=1S/C11H24N2OS/c1-8(2)10(12)11(14)13(4)9(3)6-7-15-5/h8-10H,6-7,12H2,1-5H3. The van der Waals surface area contributed by atoms with Crippen LogP contribution in [0.1, 0.15) is 27.2 Å². The SMILES string of the molecule is CSCCC(C)N(C)C(=O)C(N)C(C)C. The summed E-state index contributed by atoms with van der Waals surface area (Å²) < 4.78 is 0. The Bertz CT molecular complexity index is 197. The number of likely N-dealkylation sites (N-methyl/N-ethyl adjacent to an activating group) is 1.